The molecule has 1 amide bonds. The Kier molecular flexibility index (Phi) is 5.00. The molecule has 1 aromatic rings. The zero-order valence-corrected chi connectivity index (χ0v) is 13.3. The van der Waals surface area contributed by atoms with Crippen molar-refractivity contribution in [3.8, 4) is 5.75 Å². The first-order valence-electron chi connectivity index (χ1n) is 7.54. The Morgan fingerprint density at radius 3 is 2.82 bits per heavy atom. The number of carbonyl (C=O) groups excluding carboxylic acids is 1. The molecule has 6 nitrogen and oxygen atoms in total. The highest BCUT2D eigenvalue weighted by Gasteiger charge is 2.23. The van der Waals surface area contributed by atoms with E-state index in [4.69, 9.17) is 4.74 Å². The second-order valence-electron chi connectivity index (χ2n) is 6.06. The molecule has 22 heavy (non-hydrogen) atoms. The van der Waals surface area contributed by atoms with Gasteiger partial charge in [-0.1, -0.05) is 13.0 Å². The van der Waals surface area contributed by atoms with Crippen molar-refractivity contribution in [2.24, 2.45) is 5.92 Å². The predicted molar refractivity (Wildman–Crippen MR) is 83.0 cm³/mol. The number of likely N-dealkylation sites (tertiary alicyclic amines) is 1. The lowest BCUT2D eigenvalue weighted by Gasteiger charge is -2.30. The van der Waals surface area contributed by atoms with Crippen molar-refractivity contribution >= 4 is 11.6 Å². The molecule has 2 rings (SSSR count). The molecule has 1 aliphatic rings. The van der Waals surface area contributed by atoms with Gasteiger partial charge in [-0.2, -0.15) is 0 Å². The second-order valence-corrected chi connectivity index (χ2v) is 6.06. The summed E-state index contributed by atoms with van der Waals surface area (Å²) in [5, 5.41) is 11.1. The van der Waals surface area contributed by atoms with Crippen molar-refractivity contribution < 1.29 is 14.5 Å². The van der Waals surface area contributed by atoms with Gasteiger partial charge in [0.2, 0.25) is 5.75 Å². The molecule has 1 heterocycles. The number of nitrogens with zero attached hydrogens (tertiary/aromatic N) is 2. The summed E-state index contributed by atoms with van der Waals surface area (Å²) in [7, 11) is 0. The van der Waals surface area contributed by atoms with Crippen LogP contribution in [0.4, 0.5) is 5.69 Å². The average Bonchev–Trinajstić information content (AvgIpc) is 2.45. The standard InChI is InChI=1S/C16H22N2O4/c1-11-5-4-6-17(9-11)15(19)10-22-16-13(3)7-12(2)8-14(16)18(20)21/h7-8,11H,4-6,9-10H2,1-3H3/t11-/m0/s1. The van der Waals surface area contributed by atoms with Gasteiger partial charge in [-0.05, 0) is 43.7 Å². The molecule has 120 valence electrons. The van der Waals surface area contributed by atoms with Gasteiger partial charge in [0, 0.05) is 19.2 Å². The zero-order valence-electron chi connectivity index (χ0n) is 13.3. The van der Waals surface area contributed by atoms with Crippen molar-refractivity contribution in [3.63, 3.8) is 0 Å². The SMILES string of the molecule is Cc1cc(C)c(OCC(=O)N2CCC[C@H](C)C2)c([N+](=O)[O-])c1. The number of ether oxygens (including phenoxy) is 1. The zero-order chi connectivity index (χ0) is 16.3. The molecule has 1 fully saturated rings. The van der Waals surface area contributed by atoms with Gasteiger partial charge in [0.05, 0.1) is 4.92 Å². The number of rotatable bonds is 4. The van der Waals surface area contributed by atoms with E-state index in [-0.39, 0.29) is 24.0 Å². The normalized spacial score (nSPS) is 18.1. The minimum atomic E-state index is -0.469. The summed E-state index contributed by atoms with van der Waals surface area (Å²) in [6, 6.07) is 3.28. The third kappa shape index (κ3) is 3.75. The Labute approximate surface area is 130 Å². The summed E-state index contributed by atoms with van der Waals surface area (Å²) in [6.45, 7) is 6.98. The molecule has 1 aromatic carbocycles. The molecule has 1 aliphatic heterocycles. The van der Waals surface area contributed by atoms with Crippen molar-refractivity contribution in [2.75, 3.05) is 19.7 Å². The van der Waals surface area contributed by atoms with Crippen LogP contribution in [-0.4, -0.2) is 35.4 Å². The molecule has 1 atom stereocenters. The van der Waals surface area contributed by atoms with E-state index in [0.717, 1.165) is 31.5 Å². The third-order valence-electron chi connectivity index (χ3n) is 3.95. The van der Waals surface area contributed by atoms with E-state index in [1.54, 1.807) is 18.7 Å². The molecule has 0 aliphatic carbocycles. The van der Waals surface area contributed by atoms with E-state index >= 15 is 0 Å². The molecule has 0 unspecified atom stereocenters. The Morgan fingerprint density at radius 2 is 2.18 bits per heavy atom. The number of benzene rings is 1. The Morgan fingerprint density at radius 1 is 1.45 bits per heavy atom. The highest BCUT2D eigenvalue weighted by Crippen LogP contribution is 2.32. The lowest BCUT2D eigenvalue weighted by Crippen LogP contribution is -2.41. The van der Waals surface area contributed by atoms with Gasteiger partial charge in [-0.3, -0.25) is 14.9 Å². The van der Waals surface area contributed by atoms with E-state index in [1.807, 2.05) is 6.07 Å². The van der Waals surface area contributed by atoms with Crippen LogP contribution < -0.4 is 4.74 Å². The minimum absolute atomic E-state index is 0.0858. The molecule has 0 aromatic heterocycles. The number of hydrogen-bond donors (Lipinski definition) is 0. The number of nitro benzene ring substituents is 1. The monoisotopic (exact) mass is 306 g/mol. The molecular weight excluding hydrogens is 284 g/mol. The topological polar surface area (TPSA) is 72.7 Å². The van der Waals surface area contributed by atoms with Crippen LogP contribution in [0, 0.1) is 29.9 Å². The van der Waals surface area contributed by atoms with Gasteiger partial charge in [0.25, 0.3) is 5.91 Å². The molecule has 0 N–H and O–H groups in total. The summed E-state index contributed by atoms with van der Waals surface area (Å²) in [5.41, 5.74) is 1.39. The summed E-state index contributed by atoms with van der Waals surface area (Å²) >= 11 is 0. The molecule has 0 spiro atoms. The second kappa shape index (κ2) is 6.77. The number of nitro groups is 1. The summed E-state index contributed by atoms with van der Waals surface area (Å²) in [6.07, 6.45) is 2.13. The number of amides is 1. The maximum atomic E-state index is 12.2. The van der Waals surface area contributed by atoms with E-state index in [1.165, 1.54) is 6.07 Å². The van der Waals surface area contributed by atoms with E-state index in [9.17, 15) is 14.9 Å². The highest BCUT2D eigenvalue weighted by atomic mass is 16.6. The van der Waals surface area contributed by atoms with Crippen LogP contribution in [0.5, 0.6) is 5.75 Å². The van der Waals surface area contributed by atoms with E-state index in [2.05, 4.69) is 6.92 Å². The molecule has 1 saturated heterocycles. The van der Waals surface area contributed by atoms with Crippen LogP contribution in [0.25, 0.3) is 0 Å². The fourth-order valence-corrected chi connectivity index (χ4v) is 2.90. The maximum Gasteiger partial charge on any atom is 0.311 e. The maximum absolute atomic E-state index is 12.2. The lowest BCUT2D eigenvalue weighted by molar-refractivity contribution is -0.385. The van der Waals surface area contributed by atoms with E-state index < -0.39 is 4.92 Å². The van der Waals surface area contributed by atoms with Crippen LogP contribution in [-0.2, 0) is 4.79 Å². The van der Waals surface area contributed by atoms with Crippen LogP contribution in [0.1, 0.15) is 30.9 Å². The molecule has 0 saturated carbocycles. The van der Waals surface area contributed by atoms with Crippen molar-refractivity contribution in [1.29, 1.82) is 0 Å². The first-order valence-corrected chi connectivity index (χ1v) is 7.54. The first kappa shape index (κ1) is 16.3. The number of piperidine rings is 1. The summed E-state index contributed by atoms with van der Waals surface area (Å²) in [5.74, 6) is 0.572. The van der Waals surface area contributed by atoms with Gasteiger partial charge in [0.1, 0.15) is 0 Å². The van der Waals surface area contributed by atoms with Crippen LogP contribution in [0.2, 0.25) is 0 Å². The lowest BCUT2D eigenvalue weighted by atomic mass is 10.0. The van der Waals surface area contributed by atoms with Crippen LogP contribution >= 0.6 is 0 Å². The van der Waals surface area contributed by atoms with Gasteiger partial charge in [-0.25, -0.2) is 0 Å². The smallest absolute Gasteiger partial charge is 0.311 e. The predicted octanol–water partition coefficient (Wildman–Crippen LogP) is 2.85. The van der Waals surface area contributed by atoms with Crippen molar-refractivity contribution in [2.45, 2.75) is 33.6 Å². The number of carbonyl (C=O) groups is 1. The fourth-order valence-electron chi connectivity index (χ4n) is 2.90. The molecular formula is C16H22N2O4. The van der Waals surface area contributed by atoms with Crippen molar-refractivity contribution in [1.82, 2.24) is 4.90 Å². The van der Waals surface area contributed by atoms with Gasteiger partial charge in [0.15, 0.2) is 6.61 Å². The Balaban J connectivity index is 2.08. The van der Waals surface area contributed by atoms with E-state index in [0.29, 0.717) is 11.5 Å². The first-order chi connectivity index (χ1) is 10.4. The van der Waals surface area contributed by atoms with Crippen LogP contribution in [0.3, 0.4) is 0 Å². The Bertz CT molecular complexity index is 586. The fraction of sp³-hybridized carbons (Fsp3) is 0.562. The average molecular weight is 306 g/mol. The van der Waals surface area contributed by atoms with Gasteiger partial charge < -0.3 is 9.64 Å². The van der Waals surface area contributed by atoms with Gasteiger partial charge in [-0.15, -0.1) is 0 Å². The minimum Gasteiger partial charge on any atom is -0.477 e. The largest absolute Gasteiger partial charge is 0.477 e. The number of aryl methyl sites for hydroxylation is 2. The van der Waals surface area contributed by atoms with Gasteiger partial charge >= 0.3 is 5.69 Å². The molecule has 6 heteroatoms. The van der Waals surface area contributed by atoms with Crippen LogP contribution in [0.15, 0.2) is 12.1 Å². The summed E-state index contributed by atoms with van der Waals surface area (Å²) < 4.78 is 5.50. The number of hydrogen-bond acceptors (Lipinski definition) is 4. The highest BCUT2D eigenvalue weighted by molar-refractivity contribution is 5.78. The Hall–Kier alpha value is -2.11. The molecule has 0 bridgehead atoms. The molecule has 0 radical (unpaired) electrons. The third-order valence-corrected chi connectivity index (χ3v) is 3.95. The summed E-state index contributed by atoms with van der Waals surface area (Å²) in [4.78, 5) is 24.7. The quantitative estimate of drug-likeness (QED) is 0.633. The van der Waals surface area contributed by atoms with Crippen molar-refractivity contribution in [3.05, 3.63) is 33.4 Å².